The third kappa shape index (κ3) is 2.44. The quantitative estimate of drug-likeness (QED) is 0.806. The maximum Gasteiger partial charge on any atom is 0.0429 e. The van der Waals surface area contributed by atoms with Crippen LogP contribution in [-0.2, 0) is 5.54 Å². The second-order valence-corrected chi connectivity index (χ2v) is 6.17. The lowest BCUT2D eigenvalue weighted by molar-refractivity contribution is 0.116. The summed E-state index contributed by atoms with van der Waals surface area (Å²) in [7, 11) is 2.19. The Hall–Kier alpha value is -0.890. The molecule has 1 aromatic heterocycles. The summed E-state index contributed by atoms with van der Waals surface area (Å²) in [4.78, 5) is 7.13. The summed E-state index contributed by atoms with van der Waals surface area (Å²) in [5.74, 6) is 0. The molecule has 2 heteroatoms. The zero-order valence-electron chi connectivity index (χ0n) is 13.5. The third-order valence-corrected chi connectivity index (χ3v) is 4.45. The van der Waals surface area contributed by atoms with Gasteiger partial charge in [0.05, 0.1) is 0 Å². The zero-order valence-corrected chi connectivity index (χ0v) is 13.5. The highest BCUT2D eigenvalue weighted by atomic mass is 15.2. The highest BCUT2D eigenvalue weighted by molar-refractivity contribution is 5.42. The number of hydrogen-bond acceptors (Lipinski definition) is 2. The van der Waals surface area contributed by atoms with Crippen LogP contribution in [0.2, 0.25) is 0 Å². The van der Waals surface area contributed by atoms with Gasteiger partial charge < -0.3 is 0 Å². The van der Waals surface area contributed by atoms with Crippen LogP contribution < -0.4 is 0 Å². The zero-order chi connectivity index (χ0) is 14.2. The first-order valence-corrected chi connectivity index (χ1v) is 6.78. The fraction of sp³-hybridized carbons (Fsp3) is 0.688. The van der Waals surface area contributed by atoms with Crippen LogP contribution in [0.25, 0.3) is 0 Å². The first-order valence-electron chi connectivity index (χ1n) is 6.78. The number of aromatic nitrogens is 1. The maximum atomic E-state index is 4.72. The van der Waals surface area contributed by atoms with Gasteiger partial charge in [0, 0.05) is 23.0 Å². The summed E-state index contributed by atoms with van der Waals surface area (Å²) in [5, 5.41) is 0. The predicted octanol–water partition coefficient (Wildman–Crippen LogP) is 3.89. The molecule has 0 aliphatic carbocycles. The minimum atomic E-state index is 0.00773. The summed E-state index contributed by atoms with van der Waals surface area (Å²) in [6.45, 7) is 17.7. The van der Waals surface area contributed by atoms with Crippen LogP contribution in [0.15, 0.2) is 0 Å². The number of nitrogens with zero attached hydrogens (tertiary/aromatic N) is 2. The van der Waals surface area contributed by atoms with Crippen LogP contribution in [0.4, 0.5) is 0 Å². The SMILES string of the molecule is Cc1nc(C)c(C(C)(C)N(C)C(C)C)c(C)c1C. The van der Waals surface area contributed by atoms with Gasteiger partial charge in [-0.3, -0.25) is 9.88 Å². The molecule has 102 valence electrons. The Morgan fingerprint density at radius 3 is 1.89 bits per heavy atom. The average molecular weight is 248 g/mol. The van der Waals surface area contributed by atoms with Crippen molar-refractivity contribution in [3.63, 3.8) is 0 Å². The molecule has 18 heavy (non-hydrogen) atoms. The van der Waals surface area contributed by atoms with Crippen LogP contribution in [0.1, 0.15) is 55.8 Å². The molecule has 0 fully saturated rings. The molecule has 0 aliphatic heterocycles. The molecule has 2 nitrogen and oxygen atoms in total. The van der Waals surface area contributed by atoms with Gasteiger partial charge in [-0.25, -0.2) is 0 Å². The molecule has 0 saturated heterocycles. The molecular weight excluding hydrogens is 220 g/mol. The summed E-state index contributed by atoms with van der Waals surface area (Å²) in [5.41, 5.74) is 6.40. The second kappa shape index (κ2) is 5.00. The van der Waals surface area contributed by atoms with E-state index in [0.29, 0.717) is 6.04 Å². The molecule has 0 bridgehead atoms. The molecule has 0 radical (unpaired) electrons. The Labute approximate surface area is 112 Å². The van der Waals surface area contributed by atoms with Crippen molar-refractivity contribution in [1.82, 2.24) is 9.88 Å². The van der Waals surface area contributed by atoms with Crippen LogP contribution in [0.5, 0.6) is 0 Å². The van der Waals surface area contributed by atoms with E-state index in [4.69, 9.17) is 4.98 Å². The first-order chi connectivity index (χ1) is 8.10. The number of rotatable bonds is 3. The summed E-state index contributed by atoms with van der Waals surface area (Å²) >= 11 is 0. The molecule has 0 N–H and O–H groups in total. The summed E-state index contributed by atoms with van der Waals surface area (Å²) in [6, 6.07) is 0.514. The van der Waals surface area contributed by atoms with Gasteiger partial charge in [0.1, 0.15) is 0 Å². The highest BCUT2D eigenvalue weighted by Gasteiger charge is 2.31. The smallest absolute Gasteiger partial charge is 0.0429 e. The van der Waals surface area contributed by atoms with E-state index in [0.717, 1.165) is 11.4 Å². The minimum absolute atomic E-state index is 0.00773. The number of pyridine rings is 1. The highest BCUT2D eigenvalue weighted by Crippen LogP contribution is 2.34. The topological polar surface area (TPSA) is 16.1 Å². The Bertz CT molecular complexity index is 445. The predicted molar refractivity (Wildman–Crippen MR) is 79.1 cm³/mol. The van der Waals surface area contributed by atoms with E-state index in [9.17, 15) is 0 Å². The molecule has 1 rings (SSSR count). The van der Waals surface area contributed by atoms with E-state index < -0.39 is 0 Å². The molecular formula is C16H28N2. The number of aryl methyl sites for hydroxylation is 2. The summed E-state index contributed by atoms with van der Waals surface area (Å²) < 4.78 is 0. The minimum Gasteiger partial charge on any atom is -0.295 e. The monoisotopic (exact) mass is 248 g/mol. The standard InChI is InChI=1S/C16H28N2/c1-10(2)18(9)16(7,8)15-12(4)11(3)13(5)17-14(15)6/h10H,1-9H3. The van der Waals surface area contributed by atoms with Crippen molar-refractivity contribution in [3.05, 3.63) is 28.1 Å². The van der Waals surface area contributed by atoms with Crippen molar-refractivity contribution in [2.75, 3.05) is 7.05 Å². The largest absolute Gasteiger partial charge is 0.295 e. The number of hydrogen-bond donors (Lipinski definition) is 0. The lowest BCUT2D eigenvalue weighted by atomic mass is 9.85. The van der Waals surface area contributed by atoms with Gasteiger partial charge in [0.25, 0.3) is 0 Å². The van der Waals surface area contributed by atoms with Crippen molar-refractivity contribution in [3.8, 4) is 0 Å². The van der Waals surface area contributed by atoms with E-state index in [2.05, 4.69) is 67.3 Å². The normalized spacial score (nSPS) is 12.6. The molecule has 0 unspecified atom stereocenters. The van der Waals surface area contributed by atoms with Gasteiger partial charge in [-0.1, -0.05) is 0 Å². The van der Waals surface area contributed by atoms with Crippen molar-refractivity contribution < 1.29 is 0 Å². The third-order valence-electron chi connectivity index (χ3n) is 4.45. The van der Waals surface area contributed by atoms with Crippen molar-refractivity contribution in [2.24, 2.45) is 0 Å². The van der Waals surface area contributed by atoms with Gasteiger partial charge in [-0.05, 0) is 79.1 Å². The molecule has 0 aromatic carbocycles. The lowest BCUT2D eigenvalue weighted by Crippen LogP contribution is -2.44. The van der Waals surface area contributed by atoms with E-state index in [-0.39, 0.29) is 5.54 Å². The van der Waals surface area contributed by atoms with Gasteiger partial charge in [0.2, 0.25) is 0 Å². The van der Waals surface area contributed by atoms with Gasteiger partial charge in [-0.2, -0.15) is 0 Å². The van der Waals surface area contributed by atoms with Gasteiger partial charge >= 0.3 is 0 Å². The van der Waals surface area contributed by atoms with E-state index in [1.807, 2.05) is 0 Å². The van der Waals surface area contributed by atoms with E-state index in [1.54, 1.807) is 0 Å². The molecule has 0 amide bonds. The van der Waals surface area contributed by atoms with Gasteiger partial charge in [0.15, 0.2) is 0 Å². The first kappa shape index (κ1) is 15.2. The molecule has 0 spiro atoms. The fourth-order valence-corrected chi connectivity index (χ4v) is 2.84. The average Bonchev–Trinajstić information content (AvgIpc) is 2.24. The fourth-order valence-electron chi connectivity index (χ4n) is 2.84. The van der Waals surface area contributed by atoms with Crippen molar-refractivity contribution >= 4 is 0 Å². The summed E-state index contributed by atoms with van der Waals surface area (Å²) in [6.07, 6.45) is 0. The second-order valence-electron chi connectivity index (χ2n) is 6.17. The Morgan fingerprint density at radius 2 is 1.44 bits per heavy atom. The van der Waals surface area contributed by atoms with Crippen molar-refractivity contribution in [1.29, 1.82) is 0 Å². The van der Waals surface area contributed by atoms with Crippen LogP contribution in [0.3, 0.4) is 0 Å². The molecule has 0 saturated carbocycles. The molecule has 0 aliphatic rings. The van der Waals surface area contributed by atoms with Crippen LogP contribution >= 0.6 is 0 Å². The van der Waals surface area contributed by atoms with E-state index >= 15 is 0 Å². The Kier molecular flexibility index (Phi) is 4.22. The van der Waals surface area contributed by atoms with E-state index in [1.165, 1.54) is 16.7 Å². The van der Waals surface area contributed by atoms with Crippen molar-refractivity contribution in [2.45, 2.75) is 67.0 Å². The maximum absolute atomic E-state index is 4.72. The molecule has 1 heterocycles. The van der Waals surface area contributed by atoms with Crippen LogP contribution in [-0.4, -0.2) is 23.0 Å². The lowest BCUT2D eigenvalue weighted by Gasteiger charge is -2.41. The Morgan fingerprint density at radius 1 is 0.944 bits per heavy atom. The molecule has 0 atom stereocenters. The Balaban J connectivity index is 3.46. The van der Waals surface area contributed by atoms with Gasteiger partial charge in [-0.15, -0.1) is 0 Å². The molecule has 1 aromatic rings. The van der Waals surface area contributed by atoms with Crippen LogP contribution in [0, 0.1) is 27.7 Å².